The molecular formula is C13H14BrN. The van der Waals surface area contributed by atoms with E-state index in [9.17, 15) is 0 Å². The highest BCUT2D eigenvalue weighted by molar-refractivity contribution is 9.10. The van der Waals surface area contributed by atoms with Crippen LogP contribution < -0.4 is 5.73 Å². The van der Waals surface area contributed by atoms with Crippen molar-refractivity contribution in [2.45, 2.75) is 12.8 Å². The summed E-state index contributed by atoms with van der Waals surface area (Å²) in [5, 5.41) is 2.57. The average molecular weight is 264 g/mol. The molecule has 0 aliphatic carbocycles. The molecule has 1 atom stereocenters. The molecule has 1 unspecified atom stereocenters. The van der Waals surface area contributed by atoms with Crippen molar-refractivity contribution in [3.8, 4) is 0 Å². The zero-order valence-corrected chi connectivity index (χ0v) is 10.3. The molecule has 2 aromatic rings. The summed E-state index contributed by atoms with van der Waals surface area (Å²) in [5.41, 5.74) is 7.05. The highest BCUT2D eigenvalue weighted by atomic mass is 79.9. The lowest BCUT2D eigenvalue weighted by Crippen LogP contribution is -2.09. The van der Waals surface area contributed by atoms with Crippen molar-refractivity contribution in [1.29, 1.82) is 0 Å². The van der Waals surface area contributed by atoms with Crippen LogP contribution in [0.3, 0.4) is 0 Å². The van der Waals surface area contributed by atoms with Gasteiger partial charge in [0.25, 0.3) is 0 Å². The second kappa shape index (κ2) is 4.33. The molecule has 78 valence electrons. The Hall–Kier alpha value is -0.860. The molecule has 0 amide bonds. The lowest BCUT2D eigenvalue weighted by molar-refractivity contribution is 0.781. The predicted molar refractivity (Wildman–Crippen MR) is 69.1 cm³/mol. The standard InChI is InChI=1S/C13H14BrN/c1-9(8-15)12-4-2-3-10-5-6-11(14)7-13(10)12/h2-7,9H,8,15H2,1H3. The van der Waals surface area contributed by atoms with Crippen LogP contribution in [0.15, 0.2) is 40.9 Å². The van der Waals surface area contributed by atoms with E-state index < -0.39 is 0 Å². The summed E-state index contributed by atoms with van der Waals surface area (Å²) < 4.78 is 1.12. The number of hydrogen-bond donors (Lipinski definition) is 1. The van der Waals surface area contributed by atoms with Crippen molar-refractivity contribution in [3.63, 3.8) is 0 Å². The number of fused-ring (bicyclic) bond motifs is 1. The Bertz CT molecular complexity index is 479. The van der Waals surface area contributed by atoms with Gasteiger partial charge in [-0.3, -0.25) is 0 Å². The second-order valence-corrected chi connectivity index (χ2v) is 4.77. The predicted octanol–water partition coefficient (Wildman–Crippen LogP) is 3.66. The van der Waals surface area contributed by atoms with E-state index in [4.69, 9.17) is 5.73 Å². The highest BCUT2D eigenvalue weighted by Gasteiger charge is 2.07. The first-order valence-electron chi connectivity index (χ1n) is 5.10. The van der Waals surface area contributed by atoms with Crippen LogP contribution in [0.25, 0.3) is 10.8 Å². The fourth-order valence-electron chi connectivity index (χ4n) is 1.83. The fourth-order valence-corrected chi connectivity index (χ4v) is 2.19. The summed E-state index contributed by atoms with van der Waals surface area (Å²) in [6, 6.07) is 12.8. The lowest BCUT2D eigenvalue weighted by atomic mass is 9.95. The minimum atomic E-state index is 0.406. The molecule has 1 nitrogen and oxygen atoms in total. The third kappa shape index (κ3) is 2.06. The minimum Gasteiger partial charge on any atom is -0.330 e. The Balaban J connectivity index is 2.68. The molecule has 2 aromatic carbocycles. The summed E-state index contributed by atoms with van der Waals surface area (Å²) >= 11 is 3.51. The van der Waals surface area contributed by atoms with E-state index in [1.807, 2.05) is 0 Å². The summed E-state index contributed by atoms with van der Waals surface area (Å²) in [6.07, 6.45) is 0. The van der Waals surface area contributed by atoms with Crippen LogP contribution in [0, 0.1) is 0 Å². The summed E-state index contributed by atoms with van der Waals surface area (Å²) in [5.74, 6) is 0.406. The Kier molecular flexibility index (Phi) is 3.08. The molecule has 0 fully saturated rings. The first-order chi connectivity index (χ1) is 7.22. The number of benzene rings is 2. The molecule has 0 radical (unpaired) electrons. The van der Waals surface area contributed by atoms with Gasteiger partial charge < -0.3 is 5.73 Å². The maximum Gasteiger partial charge on any atom is 0.0181 e. The van der Waals surface area contributed by atoms with Gasteiger partial charge >= 0.3 is 0 Å². The molecule has 2 N–H and O–H groups in total. The third-order valence-corrected chi connectivity index (χ3v) is 3.26. The van der Waals surface area contributed by atoms with Gasteiger partial charge in [-0.1, -0.05) is 47.1 Å². The second-order valence-electron chi connectivity index (χ2n) is 3.85. The number of nitrogens with two attached hydrogens (primary N) is 1. The van der Waals surface area contributed by atoms with Gasteiger partial charge in [-0.15, -0.1) is 0 Å². The zero-order chi connectivity index (χ0) is 10.8. The molecule has 0 bridgehead atoms. The Morgan fingerprint density at radius 3 is 2.80 bits per heavy atom. The lowest BCUT2D eigenvalue weighted by Gasteiger charge is -2.12. The van der Waals surface area contributed by atoms with Crippen molar-refractivity contribution in [3.05, 3.63) is 46.4 Å². The van der Waals surface area contributed by atoms with Crippen molar-refractivity contribution >= 4 is 26.7 Å². The van der Waals surface area contributed by atoms with Crippen LogP contribution in [-0.2, 0) is 0 Å². The van der Waals surface area contributed by atoms with E-state index in [0.29, 0.717) is 12.5 Å². The van der Waals surface area contributed by atoms with Gasteiger partial charge in [0.05, 0.1) is 0 Å². The average Bonchev–Trinajstić information content (AvgIpc) is 2.27. The van der Waals surface area contributed by atoms with Crippen molar-refractivity contribution in [1.82, 2.24) is 0 Å². The molecule has 0 aromatic heterocycles. The quantitative estimate of drug-likeness (QED) is 0.880. The number of rotatable bonds is 2. The normalized spacial score (nSPS) is 13.0. The monoisotopic (exact) mass is 263 g/mol. The van der Waals surface area contributed by atoms with Crippen molar-refractivity contribution in [2.75, 3.05) is 6.54 Å². The Morgan fingerprint density at radius 2 is 2.07 bits per heavy atom. The largest absolute Gasteiger partial charge is 0.330 e. The van der Waals surface area contributed by atoms with E-state index in [1.165, 1.54) is 16.3 Å². The molecule has 0 heterocycles. The van der Waals surface area contributed by atoms with Crippen LogP contribution in [0.1, 0.15) is 18.4 Å². The SMILES string of the molecule is CC(CN)c1cccc2ccc(Br)cc12. The number of hydrogen-bond acceptors (Lipinski definition) is 1. The van der Waals surface area contributed by atoms with Gasteiger partial charge in [0.2, 0.25) is 0 Å². The van der Waals surface area contributed by atoms with E-state index in [1.54, 1.807) is 0 Å². The molecular weight excluding hydrogens is 250 g/mol. The maximum absolute atomic E-state index is 5.72. The molecule has 0 saturated carbocycles. The van der Waals surface area contributed by atoms with Crippen molar-refractivity contribution < 1.29 is 0 Å². The summed E-state index contributed by atoms with van der Waals surface area (Å²) in [6.45, 7) is 2.85. The third-order valence-electron chi connectivity index (χ3n) is 2.76. The molecule has 0 saturated heterocycles. The van der Waals surface area contributed by atoms with Crippen molar-refractivity contribution in [2.24, 2.45) is 5.73 Å². The van der Waals surface area contributed by atoms with E-state index in [0.717, 1.165) is 4.47 Å². The molecule has 0 aliphatic heterocycles. The molecule has 2 heteroatoms. The van der Waals surface area contributed by atoms with Crippen LogP contribution in [0.2, 0.25) is 0 Å². The smallest absolute Gasteiger partial charge is 0.0181 e. The summed E-state index contributed by atoms with van der Waals surface area (Å²) in [7, 11) is 0. The van der Waals surface area contributed by atoms with E-state index in [-0.39, 0.29) is 0 Å². The number of halogens is 1. The molecule has 0 spiro atoms. The first kappa shape index (κ1) is 10.7. The topological polar surface area (TPSA) is 26.0 Å². The molecule has 0 aliphatic rings. The van der Waals surface area contributed by atoms with E-state index in [2.05, 4.69) is 59.3 Å². The fraction of sp³-hybridized carbons (Fsp3) is 0.231. The maximum atomic E-state index is 5.72. The minimum absolute atomic E-state index is 0.406. The van der Waals surface area contributed by atoms with Gasteiger partial charge in [-0.05, 0) is 40.9 Å². The van der Waals surface area contributed by atoms with Crippen LogP contribution >= 0.6 is 15.9 Å². The van der Waals surface area contributed by atoms with Crippen LogP contribution in [0.5, 0.6) is 0 Å². The van der Waals surface area contributed by atoms with E-state index >= 15 is 0 Å². The van der Waals surface area contributed by atoms with Gasteiger partial charge in [0.15, 0.2) is 0 Å². The molecule has 15 heavy (non-hydrogen) atoms. The highest BCUT2D eigenvalue weighted by Crippen LogP contribution is 2.27. The Morgan fingerprint density at radius 1 is 1.27 bits per heavy atom. The van der Waals surface area contributed by atoms with Gasteiger partial charge in [-0.25, -0.2) is 0 Å². The van der Waals surface area contributed by atoms with Crippen LogP contribution in [0.4, 0.5) is 0 Å². The van der Waals surface area contributed by atoms with Gasteiger partial charge in [-0.2, -0.15) is 0 Å². The van der Waals surface area contributed by atoms with Crippen LogP contribution in [-0.4, -0.2) is 6.54 Å². The van der Waals surface area contributed by atoms with Gasteiger partial charge in [0.1, 0.15) is 0 Å². The summed E-state index contributed by atoms with van der Waals surface area (Å²) in [4.78, 5) is 0. The first-order valence-corrected chi connectivity index (χ1v) is 5.90. The zero-order valence-electron chi connectivity index (χ0n) is 8.70. The van der Waals surface area contributed by atoms with Gasteiger partial charge in [0, 0.05) is 4.47 Å². The molecule has 2 rings (SSSR count). The Labute approximate surface area is 98.4 Å².